The van der Waals surface area contributed by atoms with E-state index >= 15 is 0 Å². The maximum Gasteiger partial charge on any atom is 0.493 e. The molecule has 0 unspecified atom stereocenters. The zero-order valence-corrected chi connectivity index (χ0v) is 11.8. The molecule has 0 spiro atoms. The van der Waals surface area contributed by atoms with E-state index in [4.69, 9.17) is 9.31 Å². The first-order valence-corrected chi connectivity index (χ1v) is 6.95. The van der Waals surface area contributed by atoms with Crippen LogP contribution in [-0.2, 0) is 15.9 Å². The van der Waals surface area contributed by atoms with Crippen LogP contribution in [0.3, 0.4) is 0 Å². The Morgan fingerprint density at radius 2 is 1.86 bits per heavy atom. The molecule has 6 nitrogen and oxygen atoms in total. The summed E-state index contributed by atoms with van der Waals surface area (Å²) in [6.07, 6.45) is 1.79. The second-order valence-corrected chi connectivity index (χ2v) is 5.03. The Labute approximate surface area is 125 Å². The molecule has 0 radical (unpaired) electrons. The summed E-state index contributed by atoms with van der Waals surface area (Å²) >= 11 is 0. The topological polar surface area (TPSA) is 73.3 Å². The first kappa shape index (κ1) is 14.7. The van der Waals surface area contributed by atoms with Crippen LogP contribution in [0.1, 0.15) is 12.0 Å². The van der Waals surface area contributed by atoms with Crippen molar-refractivity contribution in [2.45, 2.75) is 13.0 Å². The van der Waals surface area contributed by atoms with Crippen LogP contribution in [0.15, 0.2) is 40.1 Å². The summed E-state index contributed by atoms with van der Waals surface area (Å²) < 4.78 is 25.3. The van der Waals surface area contributed by atoms with Crippen molar-refractivity contribution in [3.05, 3.63) is 62.7 Å². The molecule has 1 aliphatic heterocycles. The maximum absolute atomic E-state index is 13.2. The molecule has 0 aliphatic carbocycles. The van der Waals surface area contributed by atoms with Gasteiger partial charge in [0.05, 0.1) is 12.7 Å². The molecule has 2 heterocycles. The lowest BCUT2D eigenvalue weighted by atomic mass is 9.78. The van der Waals surface area contributed by atoms with Crippen LogP contribution in [0.2, 0.25) is 0 Å². The van der Waals surface area contributed by atoms with Gasteiger partial charge in [-0.2, -0.15) is 4.39 Å². The molecular formula is C14H14BFN2O4. The third kappa shape index (κ3) is 3.18. The molecule has 0 saturated carbocycles. The quantitative estimate of drug-likeness (QED) is 0.801. The summed E-state index contributed by atoms with van der Waals surface area (Å²) in [5.74, 6) is -0.986. The van der Waals surface area contributed by atoms with Crippen LogP contribution in [0.5, 0.6) is 0 Å². The summed E-state index contributed by atoms with van der Waals surface area (Å²) in [4.78, 5) is 24.5. The summed E-state index contributed by atoms with van der Waals surface area (Å²) in [5.41, 5.74) is 0.0363. The van der Waals surface area contributed by atoms with Crippen molar-refractivity contribution in [1.29, 1.82) is 0 Å². The average molecular weight is 304 g/mol. The minimum absolute atomic E-state index is 0.166. The largest absolute Gasteiger partial charge is 0.493 e. The van der Waals surface area contributed by atoms with Gasteiger partial charge in [0.1, 0.15) is 0 Å². The molecule has 0 atom stereocenters. The van der Waals surface area contributed by atoms with Crippen LogP contribution < -0.4 is 16.7 Å². The number of nitrogens with one attached hydrogen (secondary N) is 1. The lowest BCUT2D eigenvalue weighted by Gasteiger charge is -2.20. The molecule has 114 valence electrons. The fraction of sp³-hybridized carbons (Fsp3) is 0.286. The van der Waals surface area contributed by atoms with Crippen LogP contribution in [-0.4, -0.2) is 29.9 Å². The number of nitrogens with zero attached hydrogens (tertiary/aromatic N) is 1. The molecule has 1 aromatic heterocycles. The minimum atomic E-state index is -1.01. The highest BCUT2D eigenvalue weighted by Crippen LogP contribution is 2.05. The number of hydrogen-bond acceptors (Lipinski definition) is 4. The number of aromatic amines is 1. The fourth-order valence-corrected chi connectivity index (χ4v) is 2.26. The predicted octanol–water partition coefficient (Wildman–Crippen LogP) is -0.144. The Morgan fingerprint density at radius 1 is 1.18 bits per heavy atom. The van der Waals surface area contributed by atoms with Crippen molar-refractivity contribution < 1.29 is 13.7 Å². The van der Waals surface area contributed by atoms with E-state index in [1.54, 1.807) is 0 Å². The smallest absolute Gasteiger partial charge is 0.407 e. The Kier molecular flexibility index (Phi) is 4.21. The highest BCUT2D eigenvalue weighted by Gasteiger charge is 2.23. The molecular weight excluding hydrogens is 290 g/mol. The van der Waals surface area contributed by atoms with Crippen LogP contribution >= 0.6 is 0 Å². The fourth-order valence-electron chi connectivity index (χ4n) is 2.26. The molecule has 1 N–H and O–H groups in total. The first-order chi connectivity index (χ1) is 10.6. The Hall–Kier alpha value is -2.19. The summed E-state index contributed by atoms with van der Waals surface area (Å²) in [6, 6.07) is 7.31. The third-order valence-corrected chi connectivity index (χ3v) is 3.40. The van der Waals surface area contributed by atoms with Crippen molar-refractivity contribution in [2.75, 3.05) is 13.2 Å². The normalized spacial score (nSPS) is 15.0. The predicted molar refractivity (Wildman–Crippen MR) is 78.7 cm³/mol. The highest BCUT2D eigenvalue weighted by atomic mass is 19.1. The van der Waals surface area contributed by atoms with Gasteiger partial charge in [-0.3, -0.25) is 14.3 Å². The van der Waals surface area contributed by atoms with E-state index < -0.39 is 17.1 Å². The van der Waals surface area contributed by atoms with Crippen LogP contribution in [0.4, 0.5) is 4.39 Å². The van der Waals surface area contributed by atoms with Crippen LogP contribution in [0, 0.1) is 5.82 Å². The number of H-pyrrole nitrogens is 1. The molecule has 3 rings (SSSR count). The lowest BCUT2D eigenvalue weighted by molar-refractivity contribution is 0.143. The zero-order chi connectivity index (χ0) is 15.5. The molecule has 1 aromatic carbocycles. The number of halogens is 1. The molecule has 0 bridgehead atoms. The summed E-state index contributed by atoms with van der Waals surface area (Å²) in [7, 11) is -0.365. The van der Waals surface area contributed by atoms with E-state index in [0.717, 1.165) is 28.2 Å². The van der Waals surface area contributed by atoms with E-state index in [2.05, 4.69) is 0 Å². The molecule has 1 fully saturated rings. The van der Waals surface area contributed by atoms with E-state index in [9.17, 15) is 14.0 Å². The van der Waals surface area contributed by atoms with E-state index in [1.165, 1.54) is 0 Å². The molecule has 8 heteroatoms. The highest BCUT2D eigenvalue weighted by molar-refractivity contribution is 6.61. The van der Waals surface area contributed by atoms with E-state index in [0.29, 0.717) is 13.2 Å². The number of aromatic nitrogens is 2. The van der Waals surface area contributed by atoms with Gasteiger partial charge in [0.2, 0.25) is 5.82 Å². The van der Waals surface area contributed by atoms with E-state index in [-0.39, 0.29) is 13.7 Å². The van der Waals surface area contributed by atoms with Crippen molar-refractivity contribution in [2.24, 2.45) is 0 Å². The van der Waals surface area contributed by atoms with Gasteiger partial charge >= 0.3 is 12.8 Å². The lowest BCUT2D eigenvalue weighted by Crippen LogP contribution is -2.40. The summed E-state index contributed by atoms with van der Waals surface area (Å²) in [5, 5.41) is 0. The Balaban J connectivity index is 1.77. The van der Waals surface area contributed by atoms with Gasteiger partial charge in [-0.15, -0.1) is 0 Å². The summed E-state index contributed by atoms with van der Waals surface area (Å²) in [6.45, 7) is 1.50. The zero-order valence-electron chi connectivity index (χ0n) is 11.8. The molecule has 22 heavy (non-hydrogen) atoms. The van der Waals surface area contributed by atoms with Crippen molar-refractivity contribution in [1.82, 2.24) is 9.55 Å². The first-order valence-electron chi connectivity index (χ1n) is 6.95. The molecule has 2 aromatic rings. The Bertz CT molecular complexity index is 766. The minimum Gasteiger partial charge on any atom is -0.407 e. The van der Waals surface area contributed by atoms with Crippen molar-refractivity contribution in [3.63, 3.8) is 0 Å². The van der Waals surface area contributed by atoms with Crippen LogP contribution in [0.25, 0.3) is 0 Å². The number of rotatable bonds is 3. The van der Waals surface area contributed by atoms with Gasteiger partial charge in [-0.25, -0.2) is 4.79 Å². The standard InChI is InChI=1S/C14H14BFN2O4/c16-12-9-18(14(20)17-13(12)19)8-10-2-4-11(5-3-10)15-21-6-1-7-22-15/h2-5,9H,1,6-8H2,(H,17,19,20). The van der Waals surface area contributed by atoms with Gasteiger partial charge in [0.25, 0.3) is 5.56 Å². The maximum atomic E-state index is 13.2. The van der Waals surface area contributed by atoms with Gasteiger partial charge in [0.15, 0.2) is 0 Å². The third-order valence-electron chi connectivity index (χ3n) is 3.40. The van der Waals surface area contributed by atoms with Gasteiger partial charge < -0.3 is 9.31 Å². The SMILES string of the molecule is O=c1[nH]c(=O)n(Cc2ccc(B3OCCCO3)cc2)cc1F. The van der Waals surface area contributed by atoms with Crippen molar-refractivity contribution >= 4 is 12.6 Å². The second kappa shape index (κ2) is 6.29. The number of hydrogen-bond donors (Lipinski definition) is 1. The molecule has 0 amide bonds. The monoisotopic (exact) mass is 304 g/mol. The van der Waals surface area contributed by atoms with Gasteiger partial charge in [0, 0.05) is 13.2 Å². The Morgan fingerprint density at radius 3 is 2.55 bits per heavy atom. The molecule has 1 saturated heterocycles. The second-order valence-electron chi connectivity index (χ2n) is 5.03. The van der Waals surface area contributed by atoms with Crippen molar-refractivity contribution in [3.8, 4) is 0 Å². The molecule has 1 aliphatic rings. The average Bonchev–Trinajstić information content (AvgIpc) is 2.54. The van der Waals surface area contributed by atoms with Gasteiger partial charge in [-0.1, -0.05) is 24.3 Å². The van der Waals surface area contributed by atoms with E-state index in [1.807, 2.05) is 29.2 Å². The number of benzene rings is 1. The van der Waals surface area contributed by atoms with Gasteiger partial charge in [-0.05, 0) is 17.4 Å².